The van der Waals surface area contributed by atoms with Gasteiger partial charge in [0.25, 0.3) is 0 Å². The van der Waals surface area contributed by atoms with Crippen molar-refractivity contribution in [3.05, 3.63) is 29.8 Å². The Hall–Kier alpha value is -0.910. The quantitative estimate of drug-likeness (QED) is 0.922. The molecule has 1 aromatic rings. The zero-order chi connectivity index (χ0) is 16.4. The van der Waals surface area contributed by atoms with E-state index in [1.54, 1.807) is 12.1 Å². The Morgan fingerprint density at radius 3 is 2.18 bits per heavy atom. The van der Waals surface area contributed by atoms with Gasteiger partial charge in [-0.25, -0.2) is 8.42 Å². The van der Waals surface area contributed by atoms with Crippen molar-refractivity contribution in [3.8, 4) is 0 Å². The number of rotatable bonds is 4. The maximum Gasteiger partial charge on any atom is 0.179 e. The maximum atomic E-state index is 12.4. The highest BCUT2D eigenvalue weighted by Crippen LogP contribution is 2.24. The predicted molar refractivity (Wildman–Crippen MR) is 88.9 cm³/mol. The van der Waals surface area contributed by atoms with Crippen LogP contribution in [0.15, 0.2) is 29.2 Å². The minimum absolute atomic E-state index is 0.0247. The Kier molecular flexibility index (Phi) is 5.30. The molecule has 124 valence electrons. The molecule has 0 unspecified atom stereocenters. The highest BCUT2D eigenvalue weighted by Gasteiger charge is 2.21. The topological polar surface area (TPSA) is 57.6 Å². The van der Waals surface area contributed by atoms with Crippen LogP contribution in [-0.2, 0) is 15.3 Å². The number of hydrogen-bond donors (Lipinski definition) is 1. The summed E-state index contributed by atoms with van der Waals surface area (Å²) < 4.78 is 24.8. The van der Waals surface area contributed by atoms with Gasteiger partial charge >= 0.3 is 0 Å². The van der Waals surface area contributed by atoms with Crippen LogP contribution >= 0.6 is 0 Å². The van der Waals surface area contributed by atoms with Crippen molar-refractivity contribution < 1.29 is 13.5 Å². The lowest BCUT2D eigenvalue weighted by atomic mass is 9.87. The Bertz CT molecular complexity index is 579. The molecular weight excluding hydrogens is 298 g/mol. The molecule has 0 saturated carbocycles. The second-order valence-corrected chi connectivity index (χ2v) is 9.28. The van der Waals surface area contributed by atoms with Crippen LogP contribution in [-0.4, -0.2) is 49.9 Å². The highest BCUT2D eigenvalue weighted by molar-refractivity contribution is 7.91. The van der Waals surface area contributed by atoms with E-state index in [4.69, 9.17) is 0 Å². The molecule has 2 rings (SSSR count). The van der Waals surface area contributed by atoms with E-state index in [1.165, 1.54) is 0 Å². The highest BCUT2D eigenvalue weighted by atomic mass is 32.2. The average molecular weight is 325 g/mol. The molecule has 1 saturated heterocycles. The molecule has 1 aromatic carbocycles. The normalized spacial score (nSPS) is 18.5. The van der Waals surface area contributed by atoms with Gasteiger partial charge in [0.2, 0.25) is 0 Å². The van der Waals surface area contributed by atoms with Crippen LogP contribution in [0, 0.1) is 0 Å². The van der Waals surface area contributed by atoms with Crippen LogP contribution in [0.2, 0.25) is 0 Å². The van der Waals surface area contributed by atoms with E-state index in [2.05, 4.69) is 25.7 Å². The van der Waals surface area contributed by atoms with E-state index >= 15 is 0 Å². The molecule has 4 nitrogen and oxygen atoms in total. The lowest BCUT2D eigenvalue weighted by Crippen LogP contribution is -2.38. The summed E-state index contributed by atoms with van der Waals surface area (Å²) in [4.78, 5) is 2.52. The van der Waals surface area contributed by atoms with Gasteiger partial charge in [-0.05, 0) is 36.0 Å². The van der Waals surface area contributed by atoms with Crippen molar-refractivity contribution in [2.45, 2.75) is 50.0 Å². The molecule has 0 aromatic heterocycles. The summed E-state index contributed by atoms with van der Waals surface area (Å²) in [5.41, 5.74) is 1.16. The monoisotopic (exact) mass is 325 g/mol. The third kappa shape index (κ3) is 4.54. The first-order valence-corrected chi connectivity index (χ1v) is 9.57. The second kappa shape index (κ2) is 6.69. The lowest BCUT2D eigenvalue weighted by molar-refractivity contribution is 0.0855. The number of likely N-dealkylation sites (tertiary alicyclic amines) is 1. The molecule has 1 N–H and O–H groups in total. The summed E-state index contributed by atoms with van der Waals surface area (Å²) in [6, 6.07) is 7.25. The molecule has 1 fully saturated rings. The maximum absolute atomic E-state index is 12.4. The molecular formula is C17H27NO3S. The van der Waals surface area contributed by atoms with E-state index < -0.39 is 9.84 Å². The van der Waals surface area contributed by atoms with Gasteiger partial charge in [-0.15, -0.1) is 0 Å². The molecule has 1 aliphatic heterocycles. The molecule has 0 aliphatic carbocycles. The Labute approximate surface area is 134 Å². The first-order valence-electron chi connectivity index (χ1n) is 7.92. The van der Waals surface area contributed by atoms with Crippen LogP contribution in [0.25, 0.3) is 0 Å². The lowest BCUT2D eigenvalue weighted by Gasteiger charge is -2.29. The van der Waals surface area contributed by atoms with Gasteiger partial charge in [0, 0.05) is 19.6 Å². The van der Waals surface area contributed by atoms with E-state index in [1.807, 2.05) is 12.1 Å². The van der Waals surface area contributed by atoms with Gasteiger partial charge in [0.05, 0.1) is 16.8 Å². The summed E-state index contributed by atoms with van der Waals surface area (Å²) in [7, 11) is -3.24. The third-order valence-electron chi connectivity index (χ3n) is 4.31. The fourth-order valence-electron chi connectivity index (χ4n) is 2.67. The van der Waals surface area contributed by atoms with Crippen LogP contribution < -0.4 is 0 Å². The van der Waals surface area contributed by atoms with Crippen molar-refractivity contribution in [2.75, 3.05) is 25.4 Å². The summed E-state index contributed by atoms with van der Waals surface area (Å²) in [6.45, 7) is 8.43. The van der Waals surface area contributed by atoms with Crippen LogP contribution in [0.4, 0.5) is 0 Å². The first-order chi connectivity index (χ1) is 10.2. The number of sulfone groups is 1. The molecule has 0 bridgehead atoms. The second-order valence-electron chi connectivity index (χ2n) is 7.17. The van der Waals surface area contributed by atoms with Gasteiger partial charge in [-0.1, -0.05) is 32.9 Å². The Morgan fingerprint density at radius 2 is 1.68 bits per heavy atom. The van der Waals surface area contributed by atoms with Crippen molar-refractivity contribution in [1.29, 1.82) is 0 Å². The van der Waals surface area contributed by atoms with Crippen molar-refractivity contribution >= 4 is 9.84 Å². The van der Waals surface area contributed by atoms with Crippen molar-refractivity contribution in [1.82, 2.24) is 4.90 Å². The van der Waals surface area contributed by atoms with Gasteiger partial charge in [0.15, 0.2) is 9.84 Å². The predicted octanol–water partition coefficient (Wildman–Crippen LogP) is 2.21. The zero-order valence-corrected chi connectivity index (χ0v) is 14.6. The molecule has 0 atom stereocenters. The molecule has 0 radical (unpaired) electrons. The molecule has 1 heterocycles. The SMILES string of the molecule is CC(C)(C)c1ccc(S(=O)(=O)CCN2CCC(O)CC2)cc1. The Balaban J connectivity index is 1.98. The van der Waals surface area contributed by atoms with Gasteiger partial charge in [-0.3, -0.25) is 0 Å². The fraction of sp³-hybridized carbons (Fsp3) is 0.647. The summed E-state index contributed by atoms with van der Waals surface area (Å²) >= 11 is 0. The molecule has 5 heteroatoms. The van der Waals surface area contributed by atoms with Gasteiger partial charge in [0.1, 0.15) is 0 Å². The van der Waals surface area contributed by atoms with E-state index in [0.29, 0.717) is 11.4 Å². The smallest absolute Gasteiger partial charge is 0.179 e. The number of aliphatic hydroxyl groups excluding tert-OH is 1. The van der Waals surface area contributed by atoms with Crippen LogP contribution in [0.1, 0.15) is 39.2 Å². The Morgan fingerprint density at radius 1 is 1.14 bits per heavy atom. The van der Waals surface area contributed by atoms with E-state index in [0.717, 1.165) is 31.5 Å². The fourth-order valence-corrected chi connectivity index (χ4v) is 3.96. The number of hydrogen-bond acceptors (Lipinski definition) is 4. The standard InChI is InChI=1S/C17H27NO3S/c1-17(2,3)14-4-6-16(7-5-14)22(20,21)13-12-18-10-8-15(19)9-11-18/h4-7,15,19H,8-13H2,1-3H3. The number of nitrogens with zero attached hydrogens (tertiary/aromatic N) is 1. The van der Waals surface area contributed by atoms with Crippen molar-refractivity contribution in [2.24, 2.45) is 0 Å². The summed E-state index contributed by atoms with van der Waals surface area (Å²) in [5, 5.41) is 9.48. The molecule has 0 amide bonds. The molecule has 0 spiro atoms. The number of piperidine rings is 1. The van der Waals surface area contributed by atoms with Crippen LogP contribution in [0.3, 0.4) is 0 Å². The number of aliphatic hydroxyl groups is 1. The van der Waals surface area contributed by atoms with Crippen LogP contribution in [0.5, 0.6) is 0 Å². The summed E-state index contributed by atoms with van der Waals surface area (Å²) in [5.74, 6) is 0.137. The molecule has 22 heavy (non-hydrogen) atoms. The summed E-state index contributed by atoms with van der Waals surface area (Å²) in [6.07, 6.45) is 1.25. The third-order valence-corrected chi connectivity index (χ3v) is 6.02. The number of benzene rings is 1. The van der Waals surface area contributed by atoms with Gasteiger partial charge in [-0.2, -0.15) is 0 Å². The molecule has 1 aliphatic rings. The minimum atomic E-state index is -3.24. The zero-order valence-electron chi connectivity index (χ0n) is 13.7. The minimum Gasteiger partial charge on any atom is -0.393 e. The van der Waals surface area contributed by atoms with Gasteiger partial charge < -0.3 is 10.0 Å². The van der Waals surface area contributed by atoms with E-state index in [9.17, 15) is 13.5 Å². The first kappa shape index (κ1) is 17.4. The van der Waals surface area contributed by atoms with E-state index in [-0.39, 0.29) is 17.3 Å². The van der Waals surface area contributed by atoms with Crippen molar-refractivity contribution in [3.63, 3.8) is 0 Å². The average Bonchev–Trinajstić information content (AvgIpc) is 2.46. The largest absolute Gasteiger partial charge is 0.393 e.